The molecule has 1 rings (SSSR count). The van der Waals surface area contributed by atoms with Gasteiger partial charge in [0.1, 0.15) is 6.54 Å². The van der Waals surface area contributed by atoms with Gasteiger partial charge in [-0.2, -0.15) is 0 Å². The minimum absolute atomic E-state index is 0.0639. The third-order valence-corrected chi connectivity index (χ3v) is 2.84. The standard InChI is InChI=1S/C13H21N3O4/c1-4-5-6-14-10(17)8-16-12(19)11(18)15(13(16)20)7-9(2)3/h9H,4-8H2,1-3H3,(H,14,17). The summed E-state index contributed by atoms with van der Waals surface area (Å²) in [6.45, 7) is 5.94. The van der Waals surface area contributed by atoms with Crippen LogP contribution in [0.5, 0.6) is 0 Å². The van der Waals surface area contributed by atoms with Gasteiger partial charge in [0.05, 0.1) is 0 Å². The van der Waals surface area contributed by atoms with E-state index in [1.54, 1.807) is 0 Å². The molecule has 0 radical (unpaired) electrons. The fourth-order valence-corrected chi connectivity index (χ4v) is 1.82. The molecule has 0 atom stereocenters. The van der Waals surface area contributed by atoms with E-state index < -0.39 is 30.3 Å². The Labute approximate surface area is 118 Å². The summed E-state index contributed by atoms with van der Waals surface area (Å²) in [6.07, 6.45) is 1.76. The van der Waals surface area contributed by atoms with Crippen molar-refractivity contribution in [1.82, 2.24) is 15.1 Å². The maximum Gasteiger partial charge on any atom is 0.334 e. The molecule has 1 aliphatic heterocycles. The van der Waals surface area contributed by atoms with Crippen molar-refractivity contribution in [3.8, 4) is 0 Å². The summed E-state index contributed by atoms with van der Waals surface area (Å²) in [5.74, 6) is -2.15. The number of imide groups is 2. The molecule has 0 aromatic heterocycles. The molecule has 1 saturated heterocycles. The number of nitrogens with one attached hydrogen (secondary N) is 1. The van der Waals surface area contributed by atoms with Gasteiger partial charge in [0.2, 0.25) is 5.91 Å². The van der Waals surface area contributed by atoms with Crippen LogP contribution in [0, 0.1) is 5.92 Å². The summed E-state index contributed by atoms with van der Waals surface area (Å²) >= 11 is 0. The third-order valence-electron chi connectivity index (χ3n) is 2.84. The van der Waals surface area contributed by atoms with Crippen molar-refractivity contribution in [1.29, 1.82) is 0 Å². The summed E-state index contributed by atoms with van der Waals surface area (Å²) in [4.78, 5) is 48.6. The number of nitrogens with zero attached hydrogens (tertiary/aromatic N) is 2. The van der Waals surface area contributed by atoms with E-state index in [0.717, 1.165) is 17.7 Å². The van der Waals surface area contributed by atoms with E-state index >= 15 is 0 Å². The molecule has 1 N–H and O–H groups in total. The largest absolute Gasteiger partial charge is 0.355 e. The molecule has 0 aliphatic carbocycles. The molecule has 7 nitrogen and oxygen atoms in total. The van der Waals surface area contributed by atoms with E-state index in [1.807, 2.05) is 20.8 Å². The van der Waals surface area contributed by atoms with Crippen LogP contribution in [-0.4, -0.2) is 53.2 Å². The van der Waals surface area contributed by atoms with Crippen molar-refractivity contribution < 1.29 is 19.2 Å². The first-order valence-electron chi connectivity index (χ1n) is 6.82. The molecular weight excluding hydrogens is 262 g/mol. The Balaban J connectivity index is 2.62. The van der Waals surface area contributed by atoms with Crippen LogP contribution in [0.3, 0.4) is 0 Å². The van der Waals surface area contributed by atoms with E-state index in [0.29, 0.717) is 11.4 Å². The highest BCUT2D eigenvalue weighted by atomic mass is 16.2. The maximum absolute atomic E-state index is 12.0. The molecule has 0 aromatic carbocycles. The second kappa shape index (κ2) is 7.02. The van der Waals surface area contributed by atoms with Crippen LogP contribution >= 0.6 is 0 Å². The molecule has 112 valence electrons. The van der Waals surface area contributed by atoms with Crippen LogP contribution in [0.15, 0.2) is 0 Å². The number of amides is 5. The third kappa shape index (κ3) is 3.79. The van der Waals surface area contributed by atoms with Gasteiger partial charge in [-0.1, -0.05) is 27.2 Å². The molecule has 20 heavy (non-hydrogen) atoms. The van der Waals surface area contributed by atoms with Crippen molar-refractivity contribution >= 4 is 23.8 Å². The van der Waals surface area contributed by atoms with E-state index in [4.69, 9.17) is 0 Å². The Kier molecular flexibility index (Phi) is 5.66. The minimum atomic E-state index is -0.929. The summed E-state index contributed by atoms with van der Waals surface area (Å²) in [5.41, 5.74) is 0. The molecule has 0 aromatic rings. The van der Waals surface area contributed by atoms with Crippen molar-refractivity contribution in [3.63, 3.8) is 0 Å². The predicted octanol–water partition coefficient (Wildman–Crippen LogP) is 0.350. The van der Waals surface area contributed by atoms with Gasteiger partial charge in [-0.15, -0.1) is 0 Å². The van der Waals surface area contributed by atoms with Gasteiger partial charge in [-0.05, 0) is 12.3 Å². The first kappa shape index (κ1) is 16.1. The number of hydrogen-bond acceptors (Lipinski definition) is 4. The molecule has 1 heterocycles. The van der Waals surface area contributed by atoms with E-state index in [2.05, 4.69) is 5.32 Å². The second-order valence-corrected chi connectivity index (χ2v) is 5.19. The molecule has 1 aliphatic rings. The van der Waals surface area contributed by atoms with Crippen LogP contribution in [-0.2, 0) is 14.4 Å². The molecule has 1 fully saturated rings. The van der Waals surface area contributed by atoms with Crippen LogP contribution in [0.2, 0.25) is 0 Å². The fourth-order valence-electron chi connectivity index (χ4n) is 1.82. The van der Waals surface area contributed by atoms with E-state index in [1.165, 1.54) is 0 Å². The zero-order valence-electron chi connectivity index (χ0n) is 12.1. The Bertz CT molecular complexity index is 420. The number of rotatable bonds is 7. The van der Waals surface area contributed by atoms with Gasteiger partial charge in [-0.25, -0.2) is 9.69 Å². The molecule has 5 amide bonds. The highest BCUT2D eigenvalue weighted by Crippen LogP contribution is 2.13. The Morgan fingerprint density at radius 3 is 2.30 bits per heavy atom. The maximum atomic E-state index is 12.0. The van der Waals surface area contributed by atoms with Gasteiger partial charge in [0.15, 0.2) is 0 Å². The predicted molar refractivity (Wildman–Crippen MR) is 71.6 cm³/mol. The lowest BCUT2D eigenvalue weighted by Gasteiger charge is -2.16. The quantitative estimate of drug-likeness (QED) is 0.415. The average molecular weight is 283 g/mol. The summed E-state index contributed by atoms with van der Waals surface area (Å²) in [7, 11) is 0. The topological polar surface area (TPSA) is 86.8 Å². The Morgan fingerprint density at radius 1 is 1.15 bits per heavy atom. The van der Waals surface area contributed by atoms with Gasteiger partial charge in [0, 0.05) is 13.1 Å². The molecule has 0 saturated carbocycles. The van der Waals surface area contributed by atoms with Gasteiger partial charge in [-0.3, -0.25) is 19.3 Å². The first-order chi connectivity index (χ1) is 9.38. The Morgan fingerprint density at radius 2 is 1.75 bits per heavy atom. The molecule has 0 bridgehead atoms. The highest BCUT2D eigenvalue weighted by molar-refractivity contribution is 6.45. The van der Waals surface area contributed by atoms with Crippen LogP contribution in [0.4, 0.5) is 4.79 Å². The van der Waals surface area contributed by atoms with Crippen molar-refractivity contribution in [3.05, 3.63) is 0 Å². The lowest BCUT2D eigenvalue weighted by Crippen LogP contribution is -2.42. The van der Waals surface area contributed by atoms with Gasteiger partial charge in [0.25, 0.3) is 0 Å². The number of hydrogen-bond donors (Lipinski definition) is 1. The monoisotopic (exact) mass is 283 g/mol. The average Bonchev–Trinajstić information content (AvgIpc) is 2.56. The fraction of sp³-hybridized carbons (Fsp3) is 0.692. The zero-order chi connectivity index (χ0) is 15.3. The number of carbonyl (C=O) groups excluding carboxylic acids is 4. The highest BCUT2D eigenvalue weighted by Gasteiger charge is 2.45. The lowest BCUT2D eigenvalue weighted by atomic mass is 10.2. The smallest absolute Gasteiger partial charge is 0.334 e. The number of carbonyl (C=O) groups is 4. The zero-order valence-corrected chi connectivity index (χ0v) is 12.1. The molecule has 0 unspecified atom stereocenters. The molecule has 0 spiro atoms. The summed E-state index contributed by atoms with van der Waals surface area (Å²) < 4.78 is 0. The van der Waals surface area contributed by atoms with Gasteiger partial charge < -0.3 is 5.32 Å². The Hall–Kier alpha value is -1.92. The van der Waals surface area contributed by atoms with Crippen LogP contribution in [0.1, 0.15) is 33.6 Å². The van der Waals surface area contributed by atoms with E-state index in [-0.39, 0.29) is 12.5 Å². The first-order valence-corrected chi connectivity index (χ1v) is 6.82. The summed E-state index contributed by atoms with van der Waals surface area (Å²) in [6, 6.07) is -0.709. The number of unbranched alkanes of at least 4 members (excludes halogenated alkanes) is 1. The van der Waals surface area contributed by atoms with Crippen molar-refractivity contribution in [2.45, 2.75) is 33.6 Å². The lowest BCUT2D eigenvalue weighted by molar-refractivity contribution is -0.144. The molecular formula is C13H21N3O4. The minimum Gasteiger partial charge on any atom is -0.355 e. The number of urea groups is 1. The van der Waals surface area contributed by atoms with Crippen molar-refractivity contribution in [2.24, 2.45) is 5.92 Å². The van der Waals surface area contributed by atoms with Crippen molar-refractivity contribution in [2.75, 3.05) is 19.6 Å². The van der Waals surface area contributed by atoms with Gasteiger partial charge >= 0.3 is 17.8 Å². The summed E-state index contributed by atoms with van der Waals surface area (Å²) in [5, 5.41) is 2.61. The van der Waals surface area contributed by atoms with E-state index in [9.17, 15) is 19.2 Å². The molecule has 7 heteroatoms. The normalized spacial score (nSPS) is 15.5. The second-order valence-electron chi connectivity index (χ2n) is 5.19. The SMILES string of the molecule is CCCCNC(=O)CN1C(=O)C(=O)N(CC(C)C)C1=O. The van der Waals surface area contributed by atoms with Crippen LogP contribution < -0.4 is 5.32 Å². The van der Waals surface area contributed by atoms with Crippen LogP contribution in [0.25, 0.3) is 0 Å².